The van der Waals surface area contributed by atoms with Gasteiger partial charge < -0.3 is 4.90 Å². The van der Waals surface area contributed by atoms with Crippen molar-refractivity contribution >= 4 is 17.2 Å². The maximum absolute atomic E-state index is 11.5. The molecule has 5 heteroatoms. The van der Waals surface area contributed by atoms with E-state index in [1.165, 1.54) is 16.9 Å². The van der Waals surface area contributed by atoms with Gasteiger partial charge >= 0.3 is 0 Å². The molecule has 0 bridgehead atoms. The van der Waals surface area contributed by atoms with Crippen molar-refractivity contribution in [3.63, 3.8) is 0 Å². The lowest BCUT2D eigenvalue weighted by atomic mass is 9.92. The van der Waals surface area contributed by atoms with Crippen LogP contribution in [0.2, 0.25) is 0 Å². The Kier molecular flexibility index (Phi) is 4.76. The van der Waals surface area contributed by atoms with Gasteiger partial charge in [0.1, 0.15) is 5.01 Å². The fraction of sp³-hybridized carbons (Fsp3) is 0.500. The van der Waals surface area contributed by atoms with Crippen LogP contribution in [0.5, 0.6) is 0 Å². The molecule has 1 aliphatic heterocycles. The van der Waals surface area contributed by atoms with Crippen LogP contribution in [-0.2, 0) is 11.2 Å². The van der Waals surface area contributed by atoms with E-state index in [0.29, 0.717) is 5.92 Å². The molecule has 3 heterocycles. The van der Waals surface area contributed by atoms with Crippen molar-refractivity contribution in [2.24, 2.45) is 5.92 Å². The van der Waals surface area contributed by atoms with Gasteiger partial charge in [-0.05, 0) is 50.7 Å². The number of carbonyl (C=O) groups is 1. The number of rotatable bonds is 3. The Labute approximate surface area is 141 Å². The molecule has 4 nitrogen and oxygen atoms in total. The number of thiazole rings is 1. The number of hydrogen-bond donors (Lipinski definition) is 0. The number of pyridine rings is 1. The highest BCUT2D eigenvalue weighted by atomic mass is 32.1. The molecule has 0 spiro atoms. The monoisotopic (exact) mass is 329 g/mol. The summed E-state index contributed by atoms with van der Waals surface area (Å²) in [4.78, 5) is 23.9. The van der Waals surface area contributed by atoms with Crippen LogP contribution in [0.4, 0.5) is 0 Å². The molecule has 1 amide bonds. The zero-order chi connectivity index (χ0) is 16.4. The molecule has 0 saturated carbocycles. The molecule has 2 aromatic rings. The fourth-order valence-electron chi connectivity index (χ4n) is 3.11. The Morgan fingerprint density at radius 1 is 1.39 bits per heavy atom. The van der Waals surface area contributed by atoms with Gasteiger partial charge in [-0.3, -0.25) is 9.78 Å². The van der Waals surface area contributed by atoms with Gasteiger partial charge in [0.15, 0.2) is 0 Å². The van der Waals surface area contributed by atoms with E-state index in [-0.39, 0.29) is 5.91 Å². The van der Waals surface area contributed by atoms with Gasteiger partial charge in [-0.25, -0.2) is 4.98 Å². The van der Waals surface area contributed by atoms with Crippen LogP contribution in [0.3, 0.4) is 0 Å². The zero-order valence-electron chi connectivity index (χ0n) is 14.0. The molecule has 3 rings (SSSR count). The average molecular weight is 329 g/mol. The van der Waals surface area contributed by atoms with E-state index >= 15 is 0 Å². The summed E-state index contributed by atoms with van der Waals surface area (Å²) in [6.07, 6.45) is 5.25. The summed E-state index contributed by atoms with van der Waals surface area (Å²) >= 11 is 1.69. The number of aromatic nitrogens is 2. The number of aryl methyl sites for hydroxylation is 2. The van der Waals surface area contributed by atoms with Crippen molar-refractivity contribution in [3.8, 4) is 10.7 Å². The van der Waals surface area contributed by atoms with E-state index in [2.05, 4.69) is 29.0 Å². The number of carbonyl (C=O) groups excluding carboxylic acids is 1. The standard InChI is InChI=1S/C18H23N3OS/c1-12-13(2)23-18(20-12)17-7-6-15(10-19-17)9-16-5-4-8-21(11-16)14(3)22/h6-7,10,16H,4-5,8-9,11H2,1-3H3/t16-/m1/s1. The molecule has 0 N–H and O–H groups in total. The lowest BCUT2D eigenvalue weighted by Crippen LogP contribution is -2.39. The highest BCUT2D eigenvalue weighted by molar-refractivity contribution is 7.15. The Morgan fingerprint density at radius 2 is 2.22 bits per heavy atom. The van der Waals surface area contributed by atoms with Crippen LogP contribution < -0.4 is 0 Å². The van der Waals surface area contributed by atoms with Crippen molar-refractivity contribution in [2.45, 2.75) is 40.0 Å². The van der Waals surface area contributed by atoms with Crippen molar-refractivity contribution in [1.29, 1.82) is 0 Å². The van der Waals surface area contributed by atoms with E-state index in [1.807, 2.05) is 18.0 Å². The molecule has 1 aliphatic rings. The fourth-order valence-corrected chi connectivity index (χ4v) is 4.00. The third kappa shape index (κ3) is 3.78. The van der Waals surface area contributed by atoms with Crippen LogP contribution in [-0.4, -0.2) is 33.9 Å². The van der Waals surface area contributed by atoms with E-state index < -0.39 is 0 Å². The predicted octanol–water partition coefficient (Wildman–Crippen LogP) is 3.62. The van der Waals surface area contributed by atoms with Crippen molar-refractivity contribution in [1.82, 2.24) is 14.9 Å². The quantitative estimate of drug-likeness (QED) is 0.864. The summed E-state index contributed by atoms with van der Waals surface area (Å²) in [5.41, 5.74) is 3.28. The molecular formula is C18H23N3OS. The minimum absolute atomic E-state index is 0.192. The minimum atomic E-state index is 0.192. The number of nitrogens with zero attached hydrogens (tertiary/aromatic N) is 3. The Bertz CT molecular complexity index is 673. The third-order valence-corrected chi connectivity index (χ3v) is 5.66. The second-order valence-corrected chi connectivity index (χ2v) is 7.59. The Morgan fingerprint density at radius 3 is 2.83 bits per heavy atom. The average Bonchev–Trinajstić information content (AvgIpc) is 2.88. The first kappa shape index (κ1) is 16.1. The lowest BCUT2D eigenvalue weighted by molar-refractivity contribution is -0.130. The largest absolute Gasteiger partial charge is 0.343 e. The smallest absolute Gasteiger partial charge is 0.219 e. The van der Waals surface area contributed by atoms with Gasteiger partial charge in [0.05, 0.1) is 11.4 Å². The van der Waals surface area contributed by atoms with Gasteiger partial charge in [0.2, 0.25) is 5.91 Å². The van der Waals surface area contributed by atoms with Crippen LogP contribution in [0.25, 0.3) is 10.7 Å². The van der Waals surface area contributed by atoms with Crippen LogP contribution in [0.1, 0.15) is 35.9 Å². The van der Waals surface area contributed by atoms with Crippen molar-refractivity contribution in [3.05, 3.63) is 34.5 Å². The SMILES string of the molecule is CC(=O)N1CCC[C@H](Cc2ccc(-c3nc(C)c(C)s3)nc2)C1. The zero-order valence-corrected chi connectivity index (χ0v) is 14.8. The third-order valence-electron chi connectivity index (χ3n) is 4.56. The molecule has 23 heavy (non-hydrogen) atoms. The van der Waals surface area contributed by atoms with Crippen molar-refractivity contribution in [2.75, 3.05) is 13.1 Å². The summed E-state index contributed by atoms with van der Waals surface area (Å²) < 4.78 is 0. The molecule has 1 saturated heterocycles. The first-order valence-electron chi connectivity index (χ1n) is 8.18. The summed E-state index contributed by atoms with van der Waals surface area (Å²) in [5.74, 6) is 0.738. The molecule has 0 aliphatic carbocycles. The van der Waals surface area contributed by atoms with Gasteiger partial charge in [-0.2, -0.15) is 0 Å². The maximum atomic E-state index is 11.5. The topological polar surface area (TPSA) is 46.1 Å². The Balaban J connectivity index is 1.66. The van der Waals surface area contributed by atoms with Gasteiger partial charge in [0, 0.05) is 31.1 Å². The van der Waals surface area contributed by atoms with Gasteiger partial charge in [-0.1, -0.05) is 6.07 Å². The maximum Gasteiger partial charge on any atom is 0.219 e. The van der Waals surface area contributed by atoms with E-state index in [1.54, 1.807) is 18.3 Å². The molecule has 1 fully saturated rings. The van der Waals surface area contributed by atoms with E-state index in [4.69, 9.17) is 0 Å². The molecule has 0 aromatic carbocycles. The normalized spacial score (nSPS) is 18.2. The first-order chi connectivity index (χ1) is 11.0. The molecule has 122 valence electrons. The molecule has 0 unspecified atom stereocenters. The molecular weight excluding hydrogens is 306 g/mol. The second-order valence-electron chi connectivity index (χ2n) is 6.39. The van der Waals surface area contributed by atoms with E-state index in [9.17, 15) is 4.79 Å². The van der Waals surface area contributed by atoms with Crippen LogP contribution in [0, 0.1) is 19.8 Å². The lowest BCUT2D eigenvalue weighted by Gasteiger charge is -2.32. The number of piperidine rings is 1. The van der Waals surface area contributed by atoms with Crippen LogP contribution >= 0.6 is 11.3 Å². The summed E-state index contributed by atoms with van der Waals surface area (Å²) in [6.45, 7) is 7.58. The second kappa shape index (κ2) is 6.79. The number of amides is 1. The Hall–Kier alpha value is -1.75. The minimum Gasteiger partial charge on any atom is -0.343 e. The number of hydrogen-bond acceptors (Lipinski definition) is 4. The highest BCUT2D eigenvalue weighted by Crippen LogP contribution is 2.26. The van der Waals surface area contributed by atoms with E-state index in [0.717, 1.165) is 42.3 Å². The summed E-state index contributed by atoms with van der Waals surface area (Å²) in [7, 11) is 0. The van der Waals surface area contributed by atoms with Gasteiger partial charge in [0.25, 0.3) is 0 Å². The summed E-state index contributed by atoms with van der Waals surface area (Å²) in [5, 5.41) is 0.993. The summed E-state index contributed by atoms with van der Waals surface area (Å²) in [6, 6.07) is 4.22. The van der Waals surface area contributed by atoms with Gasteiger partial charge in [-0.15, -0.1) is 11.3 Å². The predicted molar refractivity (Wildman–Crippen MR) is 93.5 cm³/mol. The highest BCUT2D eigenvalue weighted by Gasteiger charge is 2.21. The molecule has 2 aromatic heterocycles. The molecule has 0 radical (unpaired) electrons. The number of likely N-dealkylation sites (tertiary alicyclic amines) is 1. The van der Waals surface area contributed by atoms with Crippen LogP contribution in [0.15, 0.2) is 18.3 Å². The molecule has 1 atom stereocenters. The van der Waals surface area contributed by atoms with Crippen molar-refractivity contribution < 1.29 is 4.79 Å². The first-order valence-corrected chi connectivity index (χ1v) is 8.99.